The SMILES string of the molecule is Cc1c(C)c2c(c(N)c1Br)OCO2. The third-order valence-corrected chi connectivity index (χ3v) is 3.35. The van der Waals surface area contributed by atoms with Crippen molar-refractivity contribution in [2.75, 3.05) is 12.5 Å². The van der Waals surface area contributed by atoms with Crippen molar-refractivity contribution in [2.24, 2.45) is 0 Å². The number of hydrogen-bond donors (Lipinski definition) is 1. The largest absolute Gasteiger partial charge is 0.453 e. The molecule has 13 heavy (non-hydrogen) atoms. The first-order valence-electron chi connectivity index (χ1n) is 3.96. The van der Waals surface area contributed by atoms with Crippen LogP contribution in [0.3, 0.4) is 0 Å². The minimum Gasteiger partial charge on any atom is -0.453 e. The lowest BCUT2D eigenvalue weighted by Gasteiger charge is -2.10. The first-order valence-corrected chi connectivity index (χ1v) is 4.76. The number of fused-ring (bicyclic) bond motifs is 1. The Balaban J connectivity index is 2.77. The van der Waals surface area contributed by atoms with Crippen LogP contribution in [0.1, 0.15) is 11.1 Å². The second kappa shape index (κ2) is 2.80. The fourth-order valence-electron chi connectivity index (χ4n) is 1.39. The summed E-state index contributed by atoms with van der Waals surface area (Å²) in [5, 5.41) is 0. The van der Waals surface area contributed by atoms with E-state index >= 15 is 0 Å². The number of benzene rings is 1. The van der Waals surface area contributed by atoms with Crippen molar-refractivity contribution in [1.82, 2.24) is 0 Å². The van der Waals surface area contributed by atoms with Crippen LogP contribution < -0.4 is 15.2 Å². The van der Waals surface area contributed by atoms with E-state index in [1.165, 1.54) is 0 Å². The Morgan fingerprint density at radius 3 is 2.46 bits per heavy atom. The summed E-state index contributed by atoms with van der Waals surface area (Å²) in [5.41, 5.74) is 8.65. The molecule has 1 aliphatic heterocycles. The first kappa shape index (κ1) is 8.69. The van der Waals surface area contributed by atoms with Crippen LogP contribution in [0.4, 0.5) is 5.69 Å². The molecule has 1 aromatic rings. The lowest BCUT2D eigenvalue weighted by Crippen LogP contribution is -1.95. The summed E-state index contributed by atoms with van der Waals surface area (Å²) in [4.78, 5) is 0. The molecule has 3 nitrogen and oxygen atoms in total. The minimum atomic E-state index is 0.260. The summed E-state index contributed by atoms with van der Waals surface area (Å²) in [6.45, 7) is 4.25. The highest BCUT2D eigenvalue weighted by Crippen LogP contribution is 2.46. The molecule has 0 saturated heterocycles. The molecule has 0 spiro atoms. The average molecular weight is 244 g/mol. The molecule has 0 radical (unpaired) electrons. The van der Waals surface area contributed by atoms with Crippen LogP contribution in [0.2, 0.25) is 0 Å². The van der Waals surface area contributed by atoms with E-state index in [-0.39, 0.29) is 6.79 Å². The maximum Gasteiger partial charge on any atom is 0.231 e. The summed E-state index contributed by atoms with van der Waals surface area (Å²) >= 11 is 3.42. The number of nitrogen functional groups attached to an aromatic ring is 1. The monoisotopic (exact) mass is 243 g/mol. The van der Waals surface area contributed by atoms with Gasteiger partial charge in [-0.1, -0.05) is 0 Å². The molecule has 2 N–H and O–H groups in total. The number of rotatable bonds is 0. The molecule has 0 aromatic heterocycles. The van der Waals surface area contributed by atoms with Crippen LogP contribution in [-0.4, -0.2) is 6.79 Å². The standard InChI is InChI=1S/C9H10BrNO2/c1-4-5(2)8-9(13-3-12-8)7(11)6(4)10/h3,11H2,1-2H3. The third-order valence-electron chi connectivity index (χ3n) is 2.33. The average Bonchev–Trinajstić information content (AvgIpc) is 2.59. The van der Waals surface area contributed by atoms with Gasteiger partial charge in [0, 0.05) is 4.47 Å². The van der Waals surface area contributed by atoms with Gasteiger partial charge in [-0.3, -0.25) is 0 Å². The Kier molecular flexibility index (Phi) is 1.87. The predicted molar refractivity (Wildman–Crippen MR) is 54.2 cm³/mol. The van der Waals surface area contributed by atoms with Crippen LogP contribution in [0.25, 0.3) is 0 Å². The van der Waals surface area contributed by atoms with Crippen molar-refractivity contribution in [2.45, 2.75) is 13.8 Å². The van der Waals surface area contributed by atoms with E-state index in [0.29, 0.717) is 11.4 Å². The second-order valence-electron chi connectivity index (χ2n) is 3.04. The number of hydrogen-bond acceptors (Lipinski definition) is 3. The van der Waals surface area contributed by atoms with Crippen LogP contribution in [0.15, 0.2) is 4.47 Å². The van der Waals surface area contributed by atoms with E-state index in [1.807, 2.05) is 13.8 Å². The molecule has 1 aromatic carbocycles. The summed E-state index contributed by atoms with van der Waals surface area (Å²) in [7, 11) is 0. The van der Waals surface area contributed by atoms with Gasteiger partial charge in [0.25, 0.3) is 0 Å². The number of anilines is 1. The third kappa shape index (κ3) is 1.09. The zero-order chi connectivity index (χ0) is 9.59. The molecule has 0 fully saturated rings. The Labute approximate surface area is 85.0 Å². The Morgan fingerprint density at radius 1 is 1.15 bits per heavy atom. The molecule has 4 heteroatoms. The van der Waals surface area contributed by atoms with Crippen LogP contribution in [-0.2, 0) is 0 Å². The van der Waals surface area contributed by atoms with Gasteiger partial charge in [-0.25, -0.2) is 0 Å². The highest BCUT2D eigenvalue weighted by Gasteiger charge is 2.23. The zero-order valence-electron chi connectivity index (χ0n) is 7.48. The molecule has 0 saturated carbocycles. The fourth-order valence-corrected chi connectivity index (χ4v) is 1.87. The molecule has 1 heterocycles. The van der Waals surface area contributed by atoms with E-state index in [0.717, 1.165) is 21.3 Å². The van der Waals surface area contributed by atoms with E-state index in [4.69, 9.17) is 15.2 Å². The van der Waals surface area contributed by atoms with E-state index in [9.17, 15) is 0 Å². The van der Waals surface area contributed by atoms with Crippen molar-refractivity contribution in [3.8, 4) is 11.5 Å². The quantitative estimate of drug-likeness (QED) is 0.712. The van der Waals surface area contributed by atoms with Crippen molar-refractivity contribution >= 4 is 21.6 Å². The molecule has 70 valence electrons. The smallest absolute Gasteiger partial charge is 0.231 e. The Morgan fingerprint density at radius 2 is 1.77 bits per heavy atom. The molecular formula is C9H10BrNO2. The molecule has 0 amide bonds. The predicted octanol–water partition coefficient (Wildman–Crippen LogP) is 2.38. The van der Waals surface area contributed by atoms with Gasteiger partial charge < -0.3 is 15.2 Å². The fraction of sp³-hybridized carbons (Fsp3) is 0.333. The van der Waals surface area contributed by atoms with Gasteiger partial charge in [0.2, 0.25) is 6.79 Å². The van der Waals surface area contributed by atoms with Gasteiger partial charge in [0.1, 0.15) is 0 Å². The Bertz CT molecular complexity index is 342. The summed E-state index contributed by atoms with van der Waals surface area (Å²) in [5.74, 6) is 1.44. The minimum absolute atomic E-state index is 0.260. The zero-order valence-corrected chi connectivity index (χ0v) is 9.06. The van der Waals surface area contributed by atoms with Crippen molar-refractivity contribution in [3.05, 3.63) is 15.6 Å². The van der Waals surface area contributed by atoms with Gasteiger partial charge in [0.05, 0.1) is 5.69 Å². The number of halogens is 1. The molecule has 0 bridgehead atoms. The number of nitrogens with two attached hydrogens (primary N) is 1. The molecule has 2 rings (SSSR count). The van der Waals surface area contributed by atoms with E-state index < -0.39 is 0 Å². The lowest BCUT2D eigenvalue weighted by atomic mass is 10.1. The Hall–Kier alpha value is -0.900. The molecule has 0 unspecified atom stereocenters. The van der Waals surface area contributed by atoms with Gasteiger partial charge in [0.15, 0.2) is 11.5 Å². The highest BCUT2D eigenvalue weighted by molar-refractivity contribution is 9.10. The topological polar surface area (TPSA) is 44.5 Å². The normalized spacial score (nSPS) is 13.5. The van der Waals surface area contributed by atoms with Gasteiger partial charge in [-0.2, -0.15) is 0 Å². The molecule has 0 atom stereocenters. The van der Waals surface area contributed by atoms with Gasteiger partial charge >= 0.3 is 0 Å². The molecular weight excluding hydrogens is 234 g/mol. The van der Waals surface area contributed by atoms with E-state index in [1.54, 1.807) is 0 Å². The van der Waals surface area contributed by atoms with Crippen molar-refractivity contribution < 1.29 is 9.47 Å². The van der Waals surface area contributed by atoms with Crippen LogP contribution in [0, 0.1) is 13.8 Å². The maximum atomic E-state index is 5.85. The van der Waals surface area contributed by atoms with Gasteiger partial charge in [-0.05, 0) is 40.9 Å². The maximum absolute atomic E-state index is 5.85. The lowest BCUT2D eigenvalue weighted by molar-refractivity contribution is 0.174. The summed E-state index contributed by atoms with van der Waals surface area (Å²) in [6, 6.07) is 0. The summed E-state index contributed by atoms with van der Waals surface area (Å²) < 4.78 is 11.5. The number of ether oxygens (including phenoxy) is 2. The molecule has 0 aliphatic carbocycles. The summed E-state index contributed by atoms with van der Waals surface area (Å²) in [6.07, 6.45) is 0. The van der Waals surface area contributed by atoms with Gasteiger partial charge in [-0.15, -0.1) is 0 Å². The molecule has 1 aliphatic rings. The van der Waals surface area contributed by atoms with E-state index in [2.05, 4.69) is 15.9 Å². The van der Waals surface area contributed by atoms with Crippen molar-refractivity contribution in [1.29, 1.82) is 0 Å². The van der Waals surface area contributed by atoms with Crippen molar-refractivity contribution in [3.63, 3.8) is 0 Å². The van der Waals surface area contributed by atoms with Crippen LogP contribution >= 0.6 is 15.9 Å². The second-order valence-corrected chi connectivity index (χ2v) is 3.84. The first-order chi connectivity index (χ1) is 6.13. The van der Waals surface area contributed by atoms with Crippen LogP contribution in [0.5, 0.6) is 11.5 Å². The highest BCUT2D eigenvalue weighted by atomic mass is 79.9.